The molecule has 4 heteroatoms. The molecule has 4 nitrogen and oxygen atoms in total. The van der Waals surface area contributed by atoms with Crippen molar-refractivity contribution in [2.24, 2.45) is 4.99 Å². The van der Waals surface area contributed by atoms with Crippen LogP contribution in [0.15, 0.2) is 28.9 Å². The van der Waals surface area contributed by atoms with Crippen LogP contribution in [0.4, 0.5) is 0 Å². The van der Waals surface area contributed by atoms with E-state index in [9.17, 15) is 9.59 Å². The quantitative estimate of drug-likeness (QED) is 0.296. The van der Waals surface area contributed by atoms with Crippen LogP contribution >= 0.6 is 0 Å². The number of hydrogen-bond acceptors (Lipinski definition) is 3. The van der Waals surface area contributed by atoms with Crippen LogP contribution in [0.3, 0.4) is 0 Å². The lowest BCUT2D eigenvalue weighted by Crippen LogP contribution is -1.99. The SMILES string of the molecule is C=CC/C(N=C=O)=C(/C)C(=O)O. The van der Waals surface area contributed by atoms with Crippen LogP contribution in [0.25, 0.3) is 0 Å². The minimum Gasteiger partial charge on any atom is -0.478 e. The highest BCUT2D eigenvalue weighted by Crippen LogP contribution is 2.09. The number of carboxylic acid groups (broad SMARTS) is 1. The Labute approximate surface area is 69.9 Å². The van der Waals surface area contributed by atoms with E-state index in [-0.39, 0.29) is 17.7 Å². The molecule has 0 aliphatic carbocycles. The fourth-order valence-corrected chi connectivity index (χ4v) is 0.598. The van der Waals surface area contributed by atoms with Gasteiger partial charge in [-0.05, 0) is 6.92 Å². The number of aliphatic imine (C=N–C) groups is 1. The minimum atomic E-state index is -1.09. The van der Waals surface area contributed by atoms with Gasteiger partial charge in [-0.2, -0.15) is 4.99 Å². The van der Waals surface area contributed by atoms with Crippen molar-refractivity contribution in [1.29, 1.82) is 0 Å². The maximum Gasteiger partial charge on any atom is 0.333 e. The van der Waals surface area contributed by atoms with Gasteiger partial charge in [0.05, 0.1) is 11.3 Å². The lowest BCUT2D eigenvalue weighted by Gasteiger charge is -1.97. The zero-order chi connectivity index (χ0) is 9.56. The second-order valence-electron chi connectivity index (χ2n) is 2.07. The zero-order valence-corrected chi connectivity index (χ0v) is 6.70. The molecule has 0 fully saturated rings. The molecular weight excluding hydrogens is 158 g/mol. The summed E-state index contributed by atoms with van der Waals surface area (Å²) >= 11 is 0. The van der Waals surface area contributed by atoms with E-state index in [2.05, 4.69) is 11.6 Å². The predicted molar refractivity (Wildman–Crippen MR) is 43.3 cm³/mol. The highest BCUT2D eigenvalue weighted by molar-refractivity contribution is 5.86. The van der Waals surface area contributed by atoms with Gasteiger partial charge >= 0.3 is 5.97 Å². The van der Waals surface area contributed by atoms with Crippen molar-refractivity contribution in [3.8, 4) is 0 Å². The smallest absolute Gasteiger partial charge is 0.333 e. The highest BCUT2D eigenvalue weighted by atomic mass is 16.4. The molecule has 0 atom stereocenters. The third kappa shape index (κ3) is 2.94. The van der Waals surface area contributed by atoms with Crippen molar-refractivity contribution in [3.63, 3.8) is 0 Å². The van der Waals surface area contributed by atoms with Gasteiger partial charge in [-0.3, -0.25) is 0 Å². The van der Waals surface area contributed by atoms with Crippen molar-refractivity contribution in [2.45, 2.75) is 13.3 Å². The Kier molecular flexibility index (Phi) is 4.34. The van der Waals surface area contributed by atoms with Gasteiger partial charge in [0.2, 0.25) is 6.08 Å². The highest BCUT2D eigenvalue weighted by Gasteiger charge is 2.06. The molecule has 0 bridgehead atoms. The zero-order valence-electron chi connectivity index (χ0n) is 6.70. The summed E-state index contributed by atoms with van der Waals surface area (Å²) in [5, 5.41) is 8.52. The van der Waals surface area contributed by atoms with Crippen LogP contribution in [-0.4, -0.2) is 17.2 Å². The van der Waals surface area contributed by atoms with Crippen LogP contribution in [0.2, 0.25) is 0 Å². The van der Waals surface area contributed by atoms with Crippen LogP contribution < -0.4 is 0 Å². The van der Waals surface area contributed by atoms with Crippen molar-refractivity contribution >= 4 is 12.0 Å². The van der Waals surface area contributed by atoms with Gasteiger partial charge in [0.1, 0.15) is 0 Å². The van der Waals surface area contributed by atoms with E-state index in [0.29, 0.717) is 0 Å². The second kappa shape index (κ2) is 5.04. The third-order valence-electron chi connectivity index (χ3n) is 1.27. The number of nitrogens with zero attached hydrogens (tertiary/aromatic N) is 1. The van der Waals surface area contributed by atoms with E-state index < -0.39 is 5.97 Å². The summed E-state index contributed by atoms with van der Waals surface area (Å²) in [7, 11) is 0. The van der Waals surface area contributed by atoms with Gasteiger partial charge < -0.3 is 5.11 Å². The van der Waals surface area contributed by atoms with Gasteiger partial charge in [0.15, 0.2) is 0 Å². The first-order valence-electron chi connectivity index (χ1n) is 3.25. The first kappa shape index (κ1) is 10.3. The number of carbonyl (C=O) groups excluding carboxylic acids is 1. The molecule has 0 aromatic carbocycles. The van der Waals surface area contributed by atoms with Crippen molar-refractivity contribution in [3.05, 3.63) is 23.9 Å². The van der Waals surface area contributed by atoms with Gasteiger partial charge in [-0.25, -0.2) is 9.59 Å². The van der Waals surface area contributed by atoms with E-state index in [0.717, 1.165) is 0 Å². The fourth-order valence-electron chi connectivity index (χ4n) is 0.598. The number of isocyanates is 1. The van der Waals surface area contributed by atoms with Crippen molar-refractivity contribution in [2.75, 3.05) is 0 Å². The Balaban J connectivity index is 4.90. The fraction of sp³-hybridized carbons (Fsp3) is 0.250. The maximum absolute atomic E-state index is 10.4. The average Bonchev–Trinajstić information content (AvgIpc) is 2.03. The molecule has 0 aliphatic rings. The van der Waals surface area contributed by atoms with Gasteiger partial charge in [-0.15, -0.1) is 6.58 Å². The summed E-state index contributed by atoms with van der Waals surface area (Å²) in [6.07, 6.45) is 3.03. The Morgan fingerprint density at radius 2 is 2.33 bits per heavy atom. The van der Waals surface area contributed by atoms with Crippen LogP contribution in [0.1, 0.15) is 13.3 Å². The molecule has 64 valence electrons. The number of rotatable bonds is 4. The summed E-state index contributed by atoms with van der Waals surface area (Å²) in [6, 6.07) is 0. The molecule has 12 heavy (non-hydrogen) atoms. The summed E-state index contributed by atoms with van der Waals surface area (Å²) < 4.78 is 0. The topological polar surface area (TPSA) is 66.7 Å². The molecular formula is C8H9NO3. The van der Waals surface area contributed by atoms with Crippen LogP contribution in [0, 0.1) is 0 Å². The van der Waals surface area contributed by atoms with E-state index in [1.165, 1.54) is 19.1 Å². The lowest BCUT2D eigenvalue weighted by atomic mass is 10.2. The molecule has 0 radical (unpaired) electrons. The van der Waals surface area contributed by atoms with Gasteiger partial charge in [-0.1, -0.05) is 6.08 Å². The number of carboxylic acids is 1. The predicted octanol–water partition coefficient (Wildman–Crippen LogP) is 1.26. The minimum absolute atomic E-state index is 0.0400. The molecule has 0 heterocycles. The van der Waals surface area contributed by atoms with Crippen molar-refractivity contribution in [1.82, 2.24) is 0 Å². The summed E-state index contributed by atoms with van der Waals surface area (Å²) in [5.41, 5.74) is 0.228. The summed E-state index contributed by atoms with van der Waals surface area (Å²) in [6.45, 7) is 4.78. The van der Waals surface area contributed by atoms with E-state index in [1.807, 2.05) is 0 Å². The first-order chi connectivity index (χ1) is 5.63. The average molecular weight is 167 g/mol. The number of carbonyl (C=O) groups is 1. The summed E-state index contributed by atoms with van der Waals surface area (Å²) in [4.78, 5) is 23.5. The standard InChI is InChI=1S/C8H9NO3/c1-3-4-7(9-5-10)6(2)8(11)12/h3H,1,4H2,2H3,(H,11,12)/b7-6+. The Morgan fingerprint density at radius 3 is 2.67 bits per heavy atom. The Bertz CT molecular complexity index is 272. The van der Waals surface area contributed by atoms with Crippen molar-refractivity contribution < 1.29 is 14.7 Å². The molecule has 0 amide bonds. The van der Waals surface area contributed by atoms with E-state index in [1.54, 1.807) is 0 Å². The second-order valence-corrected chi connectivity index (χ2v) is 2.07. The normalized spacial score (nSPS) is 11.1. The third-order valence-corrected chi connectivity index (χ3v) is 1.27. The molecule has 0 spiro atoms. The molecule has 0 saturated carbocycles. The van der Waals surface area contributed by atoms with Gasteiger partial charge in [0.25, 0.3) is 0 Å². The molecule has 1 N–H and O–H groups in total. The number of aliphatic carboxylic acids is 1. The molecule has 0 aromatic heterocycles. The Hall–Kier alpha value is -1.67. The van der Waals surface area contributed by atoms with E-state index >= 15 is 0 Å². The lowest BCUT2D eigenvalue weighted by molar-refractivity contribution is -0.132. The monoisotopic (exact) mass is 167 g/mol. The molecule has 0 unspecified atom stereocenters. The first-order valence-corrected chi connectivity index (χ1v) is 3.25. The molecule has 0 rings (SSSR count). The van der Waals surface area contributed by atoms with Crippen LogP contribution in [-0.2, 0) is 9.59 Å². The summed E-state index contributed by atoms with van der Waals surface area (Å²) in [5.74, 6) is -1.09. The molecule has 0 aromatic rings. The largest absolute Gasteiger partial charge is 0.478 e. The Morgan fingerprint density at radius 1 is 1.75 bits per heavy atom. The number of hydrogen-bond donors (Lipinski definition) is 1. The molecule has 0 aliphatic heterocycles. The molecule has 0 saturated heterocycles. The van der Waals surface area contributed by atoms with E-state index in [4.69, 9.17) is 5.11 Å². The van der Waals surface area contributed by atoms with Gasteiger partial charge in [0, 0.05) is 6.42 Å². The number of allylic oxidation sites excluding steroid dienone is 1. The van der Waals surface area contributed by atoms with Crippen LogP contribution in [0.5, 0.6) is 0 Å². The maximum atomic E-state index is 10.4.